The molecule has 3 aliphatic rings. The molecular formula is C16H16BrClFN3O4S. The molecule has 11 heteroatoms. The molecule has 0 spiro atoms. The summed E-state index contributed by atoms with van der Waals surface area (Å²) in [6.07, 6.45) is 3.98. The Hall–Kier alpha value is -1.36. The van der Waals surface area contributed by atoms with Gasteiger partial charge in [0.05, 0.1) is 39.6 Å². The molecule has 0 aliphatic carbocycles. The number of halogens is 3. The van der Waals surface area contributed by atoms with Crippen molar-refractivity contribution >= 4 is 48.9 Å². The van der Waals surface area contributed by atoms with Gasteiger partial charge in [0.15, 0.2) is 11.6 Å². The maximum Gasteiger partial charge on any atom is 0.234 e. The van der Waals surface area contributed by atoms with Gasteiger partial charge in [0.25, 0.3) is 0 Å². The van der Waals surface area contributed by atoms with Gasteiger partial charge >= 0.3 is 0 Å². The summed E-state index contributed by atoms with van der Waals surface area (Å²) in [6.45, 7) is 1.26. The Kier molecular flexibility index (Phi) is 4.86. The number of ether oxygens (including phenoxy) is 2. The fraction of sp³-hybridized carbons (Fsp3) is 0.438. The topological polar surface area (TPSA) is 80.2 Å². The molecule has 1 N–H and O–H groups in total. The normalized spacial score (nSPS) is 22.1. The van der Waals surface area contributed by atoms with Crippen LogP contribution >= 0.6 is 27.5 Å². The highest BCUT2D eigenvalue weighted by atomic mass is 79.9. The van der Waals surface area contributed by atoms with Crippen LogP contribution in [0.1, 0.15) is 18.4 Å². The van der Waals surface area contributed by atoms with Crippen LogP contribution in [0.5, 0.6) is 5.75 Å². The monoisotopic (exact) mass is 479 g/mol. The first-order chi connectivity index (χ1) is 12.8. The fourth-order valence-electron chi connectivity index (χ4n) is 3.29. The Morgan fingerprint density at radius 1 is 1.48 bits per heavy atom. The Bertz CT molecular complexity index is 977. The van der Waals surface area contributed by atoms with Crippen molar-refractivity contribution in [2.75, 3.05) is 31.5 Å². The van der Waals surface area contributed by atoms with E-state index in [9.17, 15) is 12.8 Å². The molecule has 146 valence electrons. The van der Waals surface area contributed by atoms with Crippen molar-refractivity contribution in [1.29, 1.82) is 0 Å². The van der Waals surface area contributed by atoms with Crippen molar-refractivity contribution < 1.29 is 22.3 Å². The summed E-state index contributed by atoms with van der Waals surface area (Å²) < 4.78 is 50.6. The van der Waals surface area contributed by atoms with Crippen LogP contribution in [0.3, 0.4) is 0 Å². The summed E-state index contributed by atoms with van der Waals surface area (Å²) in [6, 6.07) is -0.153. The summed E-state index contributed by atoms with van der Waals surface area (Å²) in [4.78, 5) is 6.17. The summed E-state index contributed by atoms with van der Waals surface area (Å²) in [5.74, 6) is -0.615. The molecule has 0 aromatic heterocycles. The number of rotatable bonds is 2. The second kappa shape index (κ2) is 6.91. The third-order valence-electron chi connectivity index (χ3n) is 4.58. The van der Waals surface area contributed by atoms with E-state index in [0.717, 1.165) is 19.1 Å². The van der Waals surface area contributed by atoms with Crippen LogP contribution in [0.15, 0.2) is 20.8 Å². The van der Waals surface area contributed by atoms with Crippen LogP contribution in [0.4, 0.5) is 10.1 Å². The third kappa shape index (κ3) is 3.22. The lowest BCUT2D eigenvalue weighted by molar-refractivity contribution is 0.0524. The average Bonchev–Trinajstić information content (AvgIpc) is 2.83. The molecule has 0 saturated carbocycles. The summed E-state index contributed by atoms with van der Waals surface area (Å²) in [7, 11) is -3.76. The molecule has 7 nitrogen and oxygen atoms in total. The van der Waals surface area contributed by atoms with Crippen molar-refractivity contribution in [1.82, 2.24) is 4.90 Å². The number of nitrogens with zero attached hydrogens (tertiary/aromatic N) is 2. The molecule has 1 aromatic carbocycles. The summed E-state index contributed by atoms with van der Waals surface area (Å²) in [5.41, 5.74) is 0.738. The highest BCUT2D eigenvalue weighted by molar-refractivity contribution is 9.10. The SMILES string of the molecule is CS(=O)(=O)C1=CN(C2CCCOC2)C2=NCNc3c(Cl)c(Br)c(F)c(c32)O1. The average molecular weight is 481 g/mol. The van der Waals surface area contributed by atoms with Crippen LogP contribution in [0.2, 0.25) is 5.02 Å². The number of anilines is 1. The number of hydrogen-bond donors (Lipinski definition) is 1. The minimum Gasteiger partial charge on any atom is -0.440 e. The van der Waals surface area contributed by atoms with E-state index < -0.39 is 15.7 Å². The van der Waals surface area contributed by atoms with Gasteiger partial charge in [-0.1, -0.05) is 11.6 Å². The maximum absolute atomic E-state index is 15.0. The minimum absolute atomic E-state index is 0.00559. The largest absolute Gasteiger partial charge is 0.440 e. The molecule has 1 atom stereocenters. The molecule has 0 radical (unpaired) electrons. The van der Waals surface area contributed by atoms with Gasteiger partial charge in [-0.05, 0) is 28.8 Å². The molecule has 3 aliphatic heterocycles. The van der Waals surface area contributed by atoms with Crippen LogP contribution in [0.25, 0.3) is 0 Å². The standard InChI is InChI=1S/C16H16BrClFN3O4S/c1-27(23,24)9-5-22(8-3-2-4-25-6-8)16-10-14(20-7-21-16)12(18)11(17)13(19)15(10)26-9/h5,8,20H,2-4,6-7H2,1H3. The smallest absolute Gasteiger partial charge is 0.234 e. The molecule has 1 aromatic rings. The zero-order chi connectivity index (χ0) is 19.3. The van der Waals surface area contributed by atoms with E-state index >= 15 is 0 Å². The van der Waals surface area contributed by atoms with Gasteiger partial charge in [-0.25, -0.2) is 17.8 Å². The number of sulfone groups is 1. The van der Waals surface area contributed by atoms with Crippen molar-refractivity contribution in [2.24, 2.45) is 4.99 Å². The first-order valence-corrected chi connectivity index (χ1v) is 11.3. The van der Waals surface area contributed by atoms with Crippen molar-refractivity contribution in [3.63, 3.8) is 0 Å². The Morgan fingerprint density at radius 2 is 2.26 bits per heavy atom. The maximum atomic E-state index is 15.0. The molecule has 1 saturated heterocycles. The molecule has 4 rings (SSSR count). The highest BCUT2D eigenvalue weighted by Gasteiger charge is 2.38. The minimum atomic E-state index is -3.76. The van der Waals surface area contributed by atoms with E-state index in [1.54, 1.807) is 4.90 Å². The van der Waals surface area contributed by atoms with Crippen molar-refractivity contribution in [3.8, 4) is 5.75 Å². The van der Waals surface area contributed by atoms with Crippen molar-refractivity contribution in [3.05, 3.63) is 32.2 Å². The number of hydrogen-bond acceptors (Lipinski definition) is 7. The van der Waals surface area contributed by atoms with Gasteiger partial charge in [0.2, 0.25) is 14.9 Å². The second-order valence-corrected chi connectivity index (χ2v) is 9.56. The molecule has 1 fully saturated rings. The molecular weight excluding hydrogens is 465 g/mol. The zero-order valence-electron chi connectivity index (χ0n) is 14.3. The van der Waals surface area contributed by atoms with E-state index in [0.29, 0.717) is 30.3 Å². The predicted molar refractivity (Wildman–Crippen MR) is 103 cm³/mol. The third-order valence-corrected chi connectivity index (χ3v) is 6.85. The fourth-order valence-corrected chi connectivity index (χ4v) is 4.45. The summed E-state index contributed by atoms with van der Waals surface area (Å²) >= 11 is 9.42. The Morgan fingerprint density at radius 3 is 2.93 bits per heavy atom. The number of amidine groups is 1. The number of benzene rings is 1. The van der Waals surface area contributed by atoms with Crippen LogP contribution in [0, 0.1) is 5.82 Å². The second-order valence-electron chi connectivity index (χ2n) is 6.44. The van der Waals surface area contributed by atoms with Gasteiger partial charge in [-0.3, -0.25) is 0 Å². The molecule has 27 heavy (non-hydrogen) atoms. The predicted octanol–water partition coefficient (Wildman–Crippen LogP) is 3.09. The molecule has 0 amide bonds. The molecule has 0 bridgehead atoms. The van der Waals surface area contributed by atoms with E-state index in [4.69, 9.17) is 21.1 Å². The van der Waals surface area contributed by atoms with Crippen LogP contribution in [-0.2, 0) is 14.6 Å². The zero-order valence-corrected chi connectivity index (χ0v) is 17.4. The van der Waals surface area contributed by atoms with Gasteiger partial charge in [0.1, 0.15) is 12.5 Å². The summed E-state index contributed by atoms with van der Waals surface area (Å²) in [5, 5.41) is 2.80. The van der Waals surface area contributed by atoms with Gasteiger partial charge in [-0.2, -0.15) is 0 Å². The Labute approximate surface area is 169 Å². The highest BCUT2D eigenvalue weighted by Crippen LogP contribution is 2.46. The first kappa shape index (κ1) is 19.0. The van der Waals surface area contributed by atoms with E-state index in [-0.39, 0.29) is 33.0 Å². The Balaban J connectivity index is 1.98. The van der Waals surface area contributed by atoms with Crippen LogP contribution in [-0.4, -0.2) is 51.3 Å². The van der Waals surface area contributed by atoms with Crippen LogP contribution < -0.4 is 10.1 Å². The van der Waals surface area contributed by atoms with E-state index in [2.05, 4.69) is 26.2 Å². The quantitative estimate of drug-likeness (QED) is 0.655. The lowest BCUT2D eigenvalue weighted by Crippen LogP contribution is -2.43. The van der Waals surface area contributed by atoms with E-state index in [1.165, 1.54) is 6.20 Å². The van der Waals surface area contributed by atoms with E-state index in [1.807, 2.05) is 0 Å². The lowest BCUT2D eigenvalue weighted by atomic mass is 10.0. The number of nitrogens with one attached hydrogen (secondary N) is 1. The number of aliphatic imine (C=N–C) groups is 1. The lowest BCUT2D eigenvalue weighted by Gasteiger charge is -2.35. The van der Waals surface area contributed by atoms with Gasteiger partial charge < -0.3 is 19.7 Å². The molecule has 3 heterocycles. The van der Waals surface area contributed by atoms with Gasteiger partial charge in [0, 0.05) is 12.9 Å². The first-order valence-electron chi connectivity index (χ1n) is 8.24. The van der Waals surface area contributed by atoms with Crippen molar-refractivity contribution in [2.45, 2.75) is 18.9 Å². The molecule has 1 unspecified atom stereocenters. The van der Waals surface area contributed by atoms with Gasteiger partial charge in [-0.15, -0.1) is 0 Å².